The van der Waals surface area contributed by atoms with Gasteiger partial charge in [-0.15, -0.1) is 0 Å². The molecule has 0 amide bonds. The van der Waals surface area contributed by atoms with Crippen molar-refractivity contribution >= 4 is 11.1 Å². The van der Waals surface area contributed by atoms with Gasteiger partial charge in [0.25, 0.3) is 0 Å². The predicted molar refractivity (Wildman–Crippen MR) is 79.7 cm³/mol. The van der Waals surface area contributed by atoms with E-state index < -0.39 is 0 Å². The summed E-state index contributed by atoms with van der Waals surface area (Å²) in [5.41, 5.74) is 7.71. The van der Waals surface area contributed by atoms with Crippen LogP contribution in [0, 0.1) is 0 Å². The second kappa shape index (κ2) is 4.14. The normalized spacial score (nSPS) is 20.0. The summed E-state index contributed by atoms with van der Waals surface area (Å²) in [5.74, 6) is 0.663. The van der Waals surface area contributed by atoms with Crippen molar-refractivity contribution in [2.45, 2.75) is 25.7 Å². The summed E-state index contributed by atoms with van der Waals surface area (Å²) in [7, 11) is 0. The molecule has 20 heavy (non-hydrogen) atoms. The van der Waals surface area contributed by atoms with E-state index in [1.165, 1.54) is 33.4 Å². The number of phenols is 2. The smallest absolute Gasteiger partial charge is 0.116 e. The number of phenolic OH excluding ortho intramolecular Hbond substituents is 2. The lowest BCUT2D eigenvalue weighted by Gasteiger charge is -2.09. The molecule has 4 rings (SSSR count). The zero-order valence-corrected chi connectivity index (χ0v) is 11.2. The molecule has 2 heteroatoms. The van der Waals surface area contributed by atoms with Crippen LogP contribution in [-0.2, 0) is 12.8 Å². The van der Waals surface area contributed by atoms with Crippen LogP contribution in [0.25, 0.3) is 11.1 Å². The lowest BCUT2D eigenvalue weighted by Crippen LogP contribution is -1.86. The van der Waals surface area contributed by atoms with Gasteiger partial charge in [-0.25, -0.2) is 0 Å². The molecule has 0 unspecified atom stereocenters. The van der Waals surface area contributed by atoms with Crippen LogP contribution in [0.1, 0.15) is 35.1 Å². The predicted octanol–water partition coefficient (Wildman–Crippen LogP) is 3.90. The summed E-state index contributed by atoms with van der Waals surface area (Å²) in [6, 6.07) is 11.3. The number of benzene rings is 2. The van der Waals surface area contributed by atoms with E-state index in [0.717, 1.165) is 25.7 Å². The lowest BCUT2D eigenvalue weighted by atomic mass is 9.97. The van der Waals surface area contributed by atoms with Crippen molar-refractivity contribution in [1.82, 2.24) is 0 Å². The minimum Gasteiger partial charge on any atom is -0.508 e. The van der Waals surface area contributed by atoms with Gasteiger partial charge in [-0.1, -0.05) is 12.1 Å². The minimum absolute atomic E-state index is 0.331. The third-order valence-corrected chi connectivity index (χ3v) is 4.49. The second-order valence-corrected chi connectivity index (χ2v) is 5.64. The van der Waals surface area contributed by atoms with Gasteiger partial charge in [0.05, 0.1) is 0 Å². The molecule has 0 saturated carbocycles. The van der Waals surface area contributed by atoms with E-state index in [-0.39, 0.29) is 0 Å². The Morgan fingerprint density at radius 2 is 1.05 bits per heavy atom. The Kier molecular flexibility index (Phi) is 2.40. The SMILES string of the molecule is Oc1ccc2c(c1)C(=C1CCc3ccc(O)cc31)CC2. The molecule has 2 aliphatic carbocycles. The van der Waals surface area contributed by atoms with Crippen LogP contribution in [0.3, 0.4) is 0 Å². The van der Waals surface area contributed by atoms with Gasteiger partial charge in [0, 0.05) is 0 Å². The zero-order valence-electron chi connectivity index (χ0n) is 11.2. The van der Waals surface area contributed by atoms with Crippen molar-refractivity contribution < 1.29 is 10.2 Å². The first-order valence-corrected chi connectivity index (χ1v) is 7.09. The van der Waals surface area contributed by atoms with E-state index in [4.69, 9.17) is 0 Å². The number of allylic oxidation sites excluding steroid dienone is 2. The van der Waals surface area contributed by atoms with Gasteiger partial charge in [-0.2, -0.15) is 0 Å². The quantitative estimate of drug-likeness (QED) is 0.757. The maximum atomic E-state index is 9.73. The van der Waals surface area contributed by atoms with Crippen LogP contribution in [0.4, 0.5) is 0 Å². The van der Waals surface area contributed by atoms with Crippen molar-refractivity contribution in [1.29, 1.82) is 0 Å². The van der Waals surface area contributed by atoms with Crippen LogP contribution < -0.4 is 0 Å². The fraction of sp³-hybridized carbons (Fsp3) is 0.222. The Bertz CT molecular complexity index is 678. The van der Waals surface area contributed by atoms with Crippen LogP contribution >= 0.6 is 0 Å². The molecule has 0 radical (unpaired) electrons. The maximum absolute atomic E-state index is 9.73. The molecule has 2 aromatic rings. The van der Waals surface area contributed by atoms with Crippen molar-refractivity contribution in [3.8, 4) is 11.5 Å². The molecular formula is C18H16O2. The van der Waals surface area contributed by atoms with Crippen molar-refractivity contribution in [3.05, 3.63) is 58.7 Å². The second-order valence-electron chi connectivity index (χ2n) is 5.64. The Labute approximate surface area is 118 Å². The first kappa shape index (κ1) is 11.6. The first-order valence-electron chi connectivity index (χ1n) is 7.09. The topological polar surface area (TPSA) is 40.5 Å². The number of fused-ring (bicyclic) bond motifs is 2. The molecule has 0 fully saturated rings. The molecule has 2 aromatic carbocycles. The molecular weight excluding hydrogens is 248 g/mol. The highest BCUT2D eigenvalue weighted by Gasteiger charge is 2.25. The molecule has 2 nitrogen and oxygen atoms in total. The van der Waals surface area contributed by atoms with Crippen LogP contribution in [0.5, 0.6) is 11.5 Å². The number of aromatic hydroxyl groups is 2. The average molecular weight is 264 g/mol. The van der Waals surface area contributed by atoms with Gasteiger partial charge in [0.1, 0.15) is 11.5 Å². The number of aryl methyl sites for hydroxylation is 2. The monoisotopic (exact) mass is 264 g/mol. The van der Waals surface area contributed by atoms with E-state index in [9.17, 15) is 10.2 Å². The summed E-state index contributed by atoms with van der Waals surface area (Å²) in [6.07, 6.45) is 4.15. The third kappa shape index (κ3) is 1.64. The van der Waals surface area contributed by atoms with Gasteiger partial charge < -0.3 is 10.2 Å². The van der Waals surface area contributed by atoms with Gasteiger partial charge in [0.15, 0.2) is 0 Å². The molecule has 2 N–H and O–H groups in total. The van der Waals surface area contributed by atoms with E-state index in [0.29, 0.717) is 11.5 Å². The molecule has 100 valence electrons. The van der Waals surface area contributed by atoms with Crippen molar-refractivity contribution in [2.24, 2.45) is 0 Å². The van der Waals surface area contributed by atoms with Crippen LogP contribution in [0.15, 0.2) is 36.4 Å². The Morgan fingerprint density at radius 1 is 0.600 bits per heavy atom. The molecule has 2 aliphatic rings. The van der Waals surface area contributed by atoms with E-state index in [1.54, 1.807) is 12.1 Å². The standard InChI is InChI=1S/C18H16O2/c19-13-5-1-11-3-7-15(17(11)9-13)16-8-4-12-2-6-14(20)10-18(12)16/h1-2,5-6,9-10,19-20H,3-4,7-8H2. The highest BCUT2D eigenvalue weighted by molar-refractivity contribution is 5.96. The number of hydrogen-bond acceptors (Lipinski definition) is 2. The maximum Gasteiger partial charge on any atom is 0.116 e. The highest BCUT2D eigenvalue weighted by atomic mass is 16.3. The largest absolute Gasteiger partial charge is 0.508 e. The highest BCUT2D eigenvalue weighted by Crippen LogP contribution is 2.45. The summed E-state index contributed by atoms with van der Waals surface area (Å²) in [5, 5.41) is 19.5. The zero-order chi connectivity index (χ0) is 13.7. The number of hydrogen-bond donors (Lipinski definition) is 2. The van der Waals surface area contributed by atoms with E-state index >= 15 is 0 Å². The molecule has 0 aliphatic heterocycles. The molecule has 0 bridgehead atoms. The van der Waals surface area contributed by atoms with Crippen LogP contribution in [0.2, 0.25) is 0 Å². The lowest BCUT2D eigenvalue weighted by molar-refractivity contribution is 0.474. The summed E-state index contributed by atoms with van der Waals surface area (Å²) in [4.78, 5) is 0. The van der Waals surface area contributed by atoms with E-state index in [1.807, 2.05) is 24.3 Å². The molecule has 0 aromatic heterocycles. The van der Waals surface area contributed by atoms with Crippen LogP contribution in [-0.4, -0.2) is 10.2 Å². The molecule has 0 heterocycles. The fourth-order valence-corrected chi connectivity index (χ4v) is 3.54. The number of rotatable bonds is 0. The van der Waals surface area contributed by atoms with Gasteiger partial charge in [-0.3, -0.25) is 0 Å². The Balaban J connectivity index is 1.92. The third-order valence-electron chi connectivity index (χ3n) is 4.49. The van der Waals surface area contributed by atoms with Gasteiger partial charge >= 0.3 is 0 Å². The van der Waals surface area contributed by atoms with Crippen molar-refractivity contribution in [2.75, 3.05) is 0 Å². The fourth-order valence-electron chi connectivity index (χ4n) is 3.54. The molecule has 0 atom stereocenters. The Hall–Kier alpha value is -2.22. The van der Waals surface area contributed by atoms with Gasteiger partial charge in [-0.05, 0) is 83.3 Å². The Morgan fingerprint density at radius 3 is 1.50 bits per heavy atom. The molecule has 0 spiro atoms. The van der Waals surface area contributed by atoms with Gasteiger partial charge in [0.2, 0.25) is 0 Å². The first-order chi connectivity index (χ1) is 9.72. The molecule has 0 saturated heterocycles. The summed E-state index contributed by atoms with van der Waals surface area (Å²) >= 11 is 0. The summed E-state index contributed by atoms with van der Waals surface area (Å²) < 4.78 is 0. The van der Waals surface area contributed by atoms with Crippen molar-refractivity contribution in [3.63, 3.8) is 0 Å². The van der Waals surface area contributed by atoms with E-state index in [2.05, 4.69) is 0 Å². The average Bonchev–Trinajstić information content (AvgIpc) is 3.01. The summed E-state index contributed by atoms with van der Waals surface area (Å²) in [6.45, 7) is 0. The minimum atomic E-state index is 0.331.